The molecule has 0 heterocycles. The van der Waals surface area contributed by atoms with Crippen LogP contribution < -0.4 is 10.8 Å². The van der Waals surface area contributed by atoms with E-state index in [2.05, 4.69) is 9.40 Å². The molecule has 0 rings (SSSR count). The molecule has 7 heteroatoms. The van der Waals surface area contributed by atoms with E-state index in [1.54, 1.807) is 0 Å². The zero-order chi connectivity index (χ0) is 10.2. The van der Waals surface area contributed by atoms with Gasteiger partial charge in [-0.25, -0.2) is 9.65 Å². The normalized spacial score (nSPS) is 15.6. The first-order chi connectivity index (χ1) is 6.18. The zero-order valence-electron chi connectivity index (χ0n) is 7.86. The average molecular weight is 228 g/mol. The van der Waals surface area contributed by atoms with Crippen LogP contribution in [0.4, 0.5) is 0 Å². The molecule has 0 aromatic heterocycles. The minimum absolute atomic E-state index is 0.398. The summed E-state index contributed by atoms with van der Waals surface area (Å²) < 4.78 is 21.3. The minimum atomic E-state index is -3.11. The maximum atomic E-state index is 11.6. The molecule has 0 aromatic carbocycles. The number of rotatable bonds is 8. The summed E-state index contributed by atoms with van der Waals surface area (Å²) in [6.45, 7) is 3.27. The van der Waals surface area contributed by atoms with Gasteiger partial charge in [0.1, 0.15) is 0 Å². The van der Waals surface area contributed by atoms with Crippen molar-refractivity contribution in [3.8, 4) is 0 Å². The molecular weight excluding hydrogens is 210 g/mol. The zero-order valence-corrected chi connectivity index (χ0v) is 9.91. The largest absolute Gasteiger partial charge is 0.408 e. The summed E-state index contributed by atoms with van der Waals surface area (Å²) in [5, 5.41) is 2.62. The molecule has 0 bridgehead atoms. The topological polar surface area (TPSA) is 73.6 Å². The molecule has 0 radical (unpaired) electrons. The van der Waals surface area contributed by atoms with Crippen LogP contribution in [0.15, 0.2) is 0 Å². The summed E-state index contributed by atoms with van der Waals surface area (Å²) >= 11 is 0. The lowest BCUT2D eigenvalue weighted by atomic mass is 10.4. The van der Waals surface area contributed by atoms with E-state index in [4.69, 9.17) is 10.3 Å². The molecule has 0 saturated carbocycles. The Balaban J connectivity index is 3.75. The SMILES string of the molecule is CCCCOP(=O)(NCCN)OP. The van der Waals surface area contributed by atoms with Crippen LogP contribution in [0.3, 0.4) is 0 Å². The van der Waals surface area contributed by atoms with E-state index in [0.717, 1.165) is 12.8 Å². The Kier molecular flexibility index (Phi) is 8.17. The van der Waals surface area contributed by atoms with Crippen LogP contribution in [0.25, 0.3) is 0 Å². The molecule has 0 aliphatic heterocycles. The second-order valence-corrected chi connectivity index (χ2v) is 4.90. The van der Waals surface area contributed by atoms with Gasteiger partial charge in [-0.2, -0.15) is 0 Å². The van der Waals surface area contributed by atoms with Gasteiger partial charge in [0, 0.05) is 22.6 Å². The summed E-state index contributed by atoms with van der Waals surface area (Å²) in [5.41, 5.74) is 5.24. The summed E-state index contributed by atoms with van der Waals surface area (Å²) in [6, 6.07) is 0. The second-order valence-electron chi connectivity index (χ2n) is 2.49. The van der Waals surface area contributed by atoms with Crippen molar-refractivity contribution in [1.82, 2.24) is 5.09 Å². The summed E-state index contributed by atoms with van der Waals surface area (Å²) in [6.07, 6.45) is 1.86. The van der Waals surface area contributed by atoms with Crippen LogP contribution in [-0.2, 0) is 13.4 Å². The summed E-state index contributed by atoms with van der Waals surface area (Å²) in [5.74, 6) is 0. The van der Waals surface area contributed by atoms with Crippen molar-refractivity contribution in [3.05, 3.63) is 0 Å². The summed E-state index contributed by atoms with van der Waals surface area (Å²) in [7, 11) is -1.18. The van der Waals surface area contributed by atoms with Crippen molar-refractivity contribution in [1.29, 1.82) is 0 Å². The first-order valence-corrected chi connectivity index (χ1v) is 6.28. The highest BCUT2D eigenvalue weighted by molar-refractivity contribution is 7.55. The smallest absolute Gasteiger partial charge is 0.329 e. The van der Waals surface area contributed by atoms with E-state index in [1.165, 1.54) is 0 Å². The molecule has 80 valence electrons. The molecule has 0 saturated heterocycles. The maximum absolute atomic E-state index is 11.6. The van der Waals surface area contributed by atoms with Gasteiger partial charge >= 0.3 is 7.75 Å². The first kappa shape index (κ1) is 13.5. The van der Waals surface area contributed by atoms with Gasteiger partial charge in [-0.1, -0.05) is 13.3 Å². The molecule has 0 fully saturated rings. The number of nitrogens with one attached hydrogen (secondary N) is 1. The van der Waals surface area contributed by atoms with E-state index in [1.807, 2.05) is 16.4 Å². The predicted molar refractivity (Wildman–Crippen MR) is 56.3 cm³/mol. The molecule has 13 heavy (non-hydrogen) atoms. The maximum Gasteiger partial charge on any atom is 0.408 e. The lowest BCUT2D eigenvalue weighted by Crippen LogP contribution is -2.21. The molecule has 0 amide bonds. The molecule has 5 nitrogen and oxygen atoms in total. The van der Waals surface area contributed by atoms with Crippen LogP contribution in [0, 0.1) is 0 Å². The Hall–Kier alpha value is 0.500. The van der Waals surface area contributed by atoms with Crippen molar-refractivity contribution in [2.45, 2.75) is 19.8 Å². The van der Waals surface area contributed by atoms with Crippen LogP contribution in [0.2, 0.25) is 0 Å². The second kappa shape index (κ2) is 7.86. The number of hydrogen-bond acceptors (Lipinski definition) is 4. The lowest BCUT2D eigenvalue weighted by molar-refractivity contribution is 0.259. The lowest BCUT2D eigenvalue weighted by Gasteiger charge is -2.16. The molecule has 0 spiro atoms. The van der Waals surface area contributed by atoms with E-state index >= 15 is 0 Å². The number of hydrogen-bond donors (Lipinski definition) is 2. The van der Waals surface area contributed by atoms with Gasteiger partial charge in [-0.15, -0.1) is 0 Å². The van der Waals surface area contributed by atoms with Gasteiger partial charge in [-0.3, -0.25) is 8.83 Å². The fourth-order valence-electron chi connectivity index (χ4n) is 0.644. The number of nitrogens with two attached hydrogens (primary N) is 1. The highest BCUT2D eigenvalue weighted by atomic mass is 31.2. The van der Waals surface area contributed by atoms with E-state index < -0.39 is 7.75 Å². The van der Waals surface area contributed by atoms with E-state index in [-0.39, 0.29) is 0 Å². The quantitative estimate of drug-likeness (QED) is 0.483. The third-order valence-electron chi connectivity index (χ3n) is 1.35. The standard InChI is InChI=1S/C6H18N2O3P2/c1-2-3-6-10-13(9,11-12)8-5-4-7/h2-7,12H2,1H3,(H,8,9). The van der Waals surface area contributed by atoms with Crippen LogP contribution in [0.1, 0.15) is 19.8 Å². The summed E-state index contributed by atoms with van der Waals surface area (Å²) in [4.78, 5) is 0. The highest BCUT2D eigenvalue weighted by Gasteiger charge is 2.21. The van der Waals surface area contributed by atoms with Crippen molar-refractivity contribution >= 4 is 17.2 Å². The number of unbranched alkanes of at least 4 members (excludes halogenated alkanes) is 1. The average Bonchev–Trinajstić information content (AvgIpc) is 2.15. The van der Waals surface area contributed by atoms with Crippen molar-refractivity contribution in [2.24, 2.45) is 5.73 Å². The molecule has 2 atom stereocenters. The van der Waals surface area contributed by atoms with Crippen LogP contribution in [0.5, 0.6) is 0 Å². The van der Waals surface area contributed by atoms with Crippen LogP contribution >= 0.6 is 17.2 Å². The first-order valence-electron chi connectivity index (χ1n) is 4.26. The van der Waals surface area contributed by atoms with E-state index in [0.29, 0.717) is 19.7 Å². The fourth-order valence-corrected chi connectivity index (χ4v) is 2.05. The molecule has 0 aromatic rings. The predicted octanol–water partition coefficient (Wildman–Crippen LogP) is 1.27. The Labute approximate surface area is 81.6 Å². The highest BCUT2D eigenvalue weighted by Crippen LogP contribution is 2.45. The van der Waals surface area contributed by atoms with Crippen molar-refractivity contribution in [2.75, 3.05) is 19.7 Å². The van der Waals surface area contributed by atoms with Crippen LogP contribution in [-0.4, -0.2) is 19.7 Å². The van der Waals surface area contributed by atoms with Gasteiger partial charge in [0.05, 0.1) is 6.61 Å². The Bertz CT molecular complexity index is 168. The van der Waals surface area contributed by atoms with Gasteiger partial charge < -0.3 is 5.73 Å². The molecule has 3 N–H and O–H groups in total. The Morgan fingerprint density at radius 1 is 1.62 bits per heavy atom. The van der Waals surface area contributed by atoms with Crippen molar-refractivity contribution in [3.63, 3.8) is 0 Å². The van der Waals surface area contributed by atoms with Crippen molar-refractivity contribution < 1.29 is 13.4 Å². The van der Waals surface area contributed by atoms with Gasteiger partial charge in [-0.05, 0) is 6.42 Å². The third-order valence-corrected chi connectivity index (χ3v) is 3.59. The van der Waals surface area contributed by atoms with E-state index in [9.17, 15) is 4.57 Å². The monoisotopic (exact) mass is 228 g/mol. The fraction of sp³-hybridized carbons (Fsp3) is 1.00. The molecule has 0 aliphatic carbocycles. The van der Waals surface area contributed by atoms with Gasteiger partial charge in [0.2, 0.25) is 0 Å². The Morgan fingerprint density at radius 2 is 2.31 bits per heavy atom. The molecule has 0 aliphatic rings. The Morgan fingerprint density at radius 3 is 2.77 bits per heavy atom. The van der Waals surface area contributed by atoms with Gasteiger partial charge in [0.15, 0.2) is 0 Å². The van der Waals surface area contributed by atoms with Gasteiger partial charge in [0.25, 0.3) is 0 Å². The molecular formula is C6H18N2O3P2. The molecule has 2 unspecified atom stereocenters. The third kappa shape index (κ3) is 6.55. The minimum Gasteiger partial charge on any atom is -0.329 e.